The smallest absolute Gasteiger partial charge is 0.0519 e. The molecule has 16 heavy (non-hydrogen) atoms. The highest BCUT2D eigenvalue weighted by atomic mass is 32.1. The van der Waals surface area contributed by atoms with Crippen molar-refractivity contribution >= 4 is 23.1 Å². The SMILES string of the molecule is S=c1c2c([nH]c3ccccc13)CCCCC2. The van der Waals surface area contributed by atoms with Gasteiger partial charge in [0, 0.05) is 16.6 Å². The van der Waals surface area contributed by atoms with Crippen LogP contribution in [0.2, 0.25) is 0 Å². The first kappa shape index (κ1) is 10.0. The van der Waals surface area contributed by atoms with Gasteiger partial charge in [-0.2, -0.15) is 0 Å². The predicted octanol–water partition coefficient (Wildman–Crippen LogP) is 4.17. The van der Waals surface area contributed by atoms with E-state index in [0.29, 0.717) is 0 Å². The summed E-state index contributed by atoms with van der Waals surface area (Å²) in [5.41, 5.74) is 3.96. The zero-order valence-electron chi connectivity index (χ0n) is 9.25. The first-order valence-electron chi connectivity index (χ1n) is 5.99. The van der Waals surface area contributed by atoms with Crippen LogP contribution in [0.3, 0.4) is 0 Å². The van der Waals surface area contributed by atoms with Crippen molar-refractivity contribution < 1.29 is 0 Å². The summed E-state index contributed by atoms with van der Waals surface area (Å²) in [6.07, 6.45) is 6.20. The molecule has 0 saturated carbocycles. The van der Waals surface area contributed by atoms with Gasteiger partial charge in [0.15, 0.2) is 0 Å². The van der Waals surface area contributed by atoms with Crippen LogP contribution in [0.4, 0.5) is 0 Å². The number of rotatable bonds is 0. The summed E-state index contributed by atoms with van der Waals surface area (Å²) in [6.45, 7) is 0. The van der Waals surface area contributed by atoms with Gasteiger partial charge in [0.05, 0.1) is 4.51 Å². The highest BCUT2D eigenvalue weighted by molar-refractivity contribution is 7.71. The Balaban J connectivity index is 2.34. The number of pyridine rings is 1. The Morgan fingerprint density at radius 3 is 2.75 bits per heavy atom. The van der Waals surface area contributed by atoms with Crippen molar-refractivity contribution in [1.29, 1.82) is 0 Å². The molecule has 1 aromatic carbocycles. The molecular weight excluding hydrogens is 214 g/mol. The van der Waals surface area contributed by atoms with Crippen molar-refractivity contribution in [3.63, 3.8) is 0 Å². The fraction of sp³-hybridized carbons (Fsp3) is 0.357. The Hall–Kier alpha value is -1.15. The fourth-order valence-corrected chi connectivity index (χ4v) is 2.99. The number of H-pyrrole nitrogens is 1. The van der Waals surface area contributed by atoms with Crippen LogP contribution in [0, 0.1) is 4.51 Å². The summed E-state index contributed by atoms with van der Waals surface area (Å²) in [5.74, 6) is 0. The molecule has 0 aliphatic heterocycles. The highest BCUT2D eigenvalue weighted by Gasteiger charge is 2.11. The number of hydrogen-bond acceptors (Lipinski definition) is 1. The maximum absolute atomic E-state index is 5.62. The number of aryl methyl sites for hydroxylation is 1. The molecule has 1 nitrogen and oxygen atoms in total. The van der Waals surface area contributed by atoms with Crippen molar-refractivity contribution in [3.05, 3.63) is 40.0 Å². The largest absolute Gasteiger partial charge is 0.358 e. The van der Waals surface area contributed by atoms with Gasteiger partial charge in [-0.25, -0.2) is 0 Å². The molecule has 0 spiro atoms. The zero-order valence-corrected chi connectivity index (χ0v) is 10.1. The van der Waals surface area contributed by atoms with E-state index in [9.17, 15) is 0 Å². The van der Waals surface area contributed by atoms with Crippen LogP contribution in [0.15, 0.2) is 24.3 Å². The van der Waals surface area contributed by atoms with E-state index >= 15 is 0 Å². The lowest BCUT2D eigenvalue weighted by atomic mass is 10.1. The molecule has 0 unspecified atom stereocenters. The molecule has 0 saturated heterocycles. The van der Waals surface area contributed by atoms with Gasteiger partial charge in [0.1, 0.15) is 0 Å². The highest BCUT2D eigenvalue weighted by Crippen LogP contribution is 2.25. The van der Waals surface area contributed by atoms with Crippen molar-refractivity contribution in [1.82, 2.24) is 4.98 Å². The standard InChI is InChI=1S/C14H15NS/c16-14-10-6-2-1-3-8-12(10)15-13-9-5-4-7-11(13)14/h4-5,7,9H,1-3,6,8H2,(H,15,16). The normalized spacial score (nSPS) is 15.8. The molecule has 0 fully saturated rings. The monoisotopic (exact) mass is 229 g/mol. The van der Waals surface area contributed by atoms with Crippen molar-refractivity contribution in [2.75, 3.05) is 0 Å². The first-order valence-corrected chi connectivity index (χ1v) is 6.40. The van der Waals surface area contributed by atoms with Crippen LogP contribution in [-0.4, -0.2) is 4.98 Å². The molecule has 1 aromatic heterocycles. The summed E-state index contributed by atoms with van der Waals surface area (Å²) in [5, 5.41) is 1.21. The van der Waals surface area contributed by atoms with Gasteiger partial charge in [-0.3, -0.25) is 0 Å². The summed E-state index contributed by atoms with van der Waals surface area (Å²) in [4.78, 5) is 3.56. The fourth-order valence-electron chi connectivity index (χ4n) is 2.59. The topological polar surface area (TPSA) is 15.8 Å². The number of fused-ring (bicyclic) bond motifs is 2. The third-order valence-corrected chi connectivity index (χ3v) is 3.92. The molecule has 82 valence electrons. The molecule has 0 amide bonds. The van der Waals surface area contributed by atoms with E-state index in [-0.39, 0.29) is 0 Å². The van der Waals surface area contributed by atoms with Gasteiger partial charge in [-0.1, -0.05) is 36.8 Å². The number of aromatic amines is 1. The van der Waals surface area contributed by atoms with E-state index in [1.165, 1.54) is 41.4 Å². The minimum atomic E-state index is 1.08. The zero-order chi connectivity index (χ0) is 11.0. The lowest BCUT2D eigenvalue weighted by Gasteiger charge is -2.09. The Morgan fingerprint density at radius 2 is 1.81 bits per heavy atom. The minimum absolute atomic E-state index is 1.08. The van der Waals surface area contributed by atoms with E-state index in [1.807, 2.05) is 0 Å². The summed E-state index contributed by atoms with van der Waals surface area (Å²) >= 11 is 5.62. The number of aromatic nitrogens is 1. The Bertz CT molecular complexity index is 583. The van der Waals surface area contributed by atoms with E-state index < -0.39 is 0 Å². The van der Waals surface area contributed by atoms with Crippen molar-refractivity contribution in [2.45, 2.75) is 32.1 Å². The maximum Gasteiger partial charge on any atom is 0.0519 e. The second-order valence-electron chi connectivity index (χ2n) is 4.52. The molecule has 1 heterocycles. The number of nitrogens with one attached hydrogen (secondary N) is 1. The van der Waals surface area contributed by atoms with Crippen LogP contribution in [0.5, 0.6) is 0 Å². The van der Waals surface area contributed by atoms with Crippen LogP contribution < -0.4 is 0 Å². The van der Waals surface area contributed by atoms with Crippen LogP contribution in [0.25, 0.3) is 10.9 Å². The molecule has 0 radical (unpaired) electrons. The molecule has 2 aromatic rings. The Kier molecular flexibility index (Phi) is 2.52. The van der Waals surface area contributed by atoms with Gasteiger partial charge < -0.3 is 4.98 Å². The molecule has 2 heteroatoms. The summed E-state index contributed by atoms with van der Waals surface area (Å²) in [6, 6.07) is 8.38. The van der Waals surface area contributed by atoms with Gasteiger partial charge in [0.2, 0.25) is 0 Å². The maximum atomic E-state index is 5.62. The van der Waals surface area contributed by atoms with Crippen LogP contribution in [-0.2, 0) is 12.8 Å². The van der Waals surface area contributed by atoms with Crippen LogP contribution in [0.1, 0.15) is 30.5 Å². The molecule has 0 atom stereocenters. The average Bonchev–Trinajstić information content (AvgIpc) is 2.55. The van der Waals surface area contributed by atoms with Crippen molar-refractivity contribution in [3.8, 4) is 0 Å². The minimum Gasteiger partial charge on any atom is -0.358 e. The lowest BCUT2D eigenvalue weighted by Crippen LogP contribution is -1.97. The summed E-state index contributed by atoms with van der Waals surface area (Å²) < 4.78 is 1.08. The first-order chi connectivity index (χ1) is 7.86. The Morgan fingerprint density at radius 1 is 1.00 bits per heavy atom. The molecule has 1 aliphatic carbocycles. The third kappa shape index (κ3) is 1.57. The van der Waals surface area contributed by atoms with E-state index in [0.717, 1.165) is 17.4 Å². The number of benzene rings is 1. The van der Waals surface area contributed by atoms with Crippen LogP contribution >= 0.6 is 12.2 Å². The third-order valence-electron chi connectivity index (χ3n) is 3.45. The average molecular weight is 229 g/mol. The molecule has 1 aliphatic rings. The lowest BCUT2D eigenvalue weighted by molar-refractivity contribution is 0.709. The van der Waals surface area contributed by atoms with Crippen molar-refractivity contribution in [2.24, 2.45) is 0 Å². The second-order valence-corrected chi connectivity index (χ2v) is 4.93. The van der Waals surface area contributed by atoms with E-state index in [2.05, 4.69) is 29.2 Å². The van der Waals surface area contributed by atoms with Gasteiger partial charge in [-0.15, -0.1) is 0 Å². The molecule has 0 bridgehead atoms. The van der Waals surface area contributed by atoms with Gasteiger partial charge >= 0.3 is 0 Å². The quantitative estimate of drug-likeness (QED) is 0.529. The molecule has 1 N–H and O–H groups in total. The Labute approximate surface area is 101 Å². The van der Waals surface area contributed by atoms with Gasteiger partial charge in [0.25, 0.3) is 0 Å². The van der Waals surface area contributed by atoms with Gasteiger partial charge in [-0.05, 0) is 37.3 Å². The van der Waals surface area contributed by atoms with E-state index in [4.69, 9.17) is 12.2 Å². The number of para-hydroxylation sites is 1. The second kappa shape index (κ2) is 4.02. The molecule has 3 rings (SSSR count). The predicted molar refractivity (Wildman–Crippen MR) is 70.4 cm³/mol. The van der Waals surface area contributed by atoms with E-state index in [1.54, 1.807) is 0 Å². The summed E-state index contributed by atoms with van der Waals surface area (Å²) in [7, 11) is 0. The number of hydrogen-bond donors (Lipinski definition) is 1. The molecular formula is C14H15NS.